The molecule has 0 saturated heterocycles. The fraction of sp³-hybridized carbons (Fsp3) is 1.00. The zero-order chi connectivity index (χ0) is 0. The van der Waals surface area contributed by atoms with Crippen LogP contribution in [0.5, 0.6) is 0 Å². The van der Waals surface area contributed by atoms with Crippen LogP contribution < -0.4 is 18.9 Å². The summed E-state index contributed by atoms with van der Waals surface area (Å²) in [5.74, 6) is 0. The first-order chi connectivity index (χ1) is 0. The average Bonchev–Trinajstić information content (AvgIpc) is 0. The van der Waals surface area contributed by atoms with Crippen molar-refractivity contribution < 1.29 is 53.8 Å². The Morgan fingerprint density at radius 1 is 1.25 bits per heavy atom. The van der Waals surface area contributed by atoms with Gasteiger partial charge in [0.1, 0.15) is 0 Å². The SMILES string of the molecule is C.[H-].[Li+].[Mn].[Ni]. The zero-order valence-electron chi connectivity index (χ0n) is 2.69. The first-order valence-electron chi connectivity index (χ1n) is 0. The molecule has 0 aliphatic rings. The molecule has 0 N–H and O–H groups in total. The Hall–Kier alpha value is 1.61. The van der Waals surface area contributed by atoms with E-state index in [1.165, 1.54) is 0 Å². The van der Waals surface area contributed by atoms with Gasteiger partial charge in [0.2, 0.25) is 0 Å². The van der Waals surface area contributed by atoms with E-state index < -0.39 is 0 Å². The van der Waals surface area contributed by atoms with Gasteiger partial charge in [-0.2, -0.15) is 0 Å². The minimum absolute atomic E-state index is 0. The molecule has 0 atom stereocenters. The van der Waals surface area contributed by atoms with E-state index >= 15 is 0 Å². The van der Waals surface area contributed by atoms with Crippen molar-refractivity contribution in [3.8, 4) is 0 Å². The summed E-state index contributed by atoms with van der Waals surface area (Å²) in [6.45, 7) is 0. The van der Waals surface area contributed by atoms with Crippen molar-refractivity contribution in [1.82, 2.24) is 0 Å². The fourth-order valence-corrected chi connectivity index (χ4v) is 0. The summed E-state index contributed by atoms with van der Waals surface area (Å²) < 4.78 is 0. The quantitative estimate of drug-likeness (QED) is 0.331. The van der Waals surface area contributed by atoms with Crippen LogP contribution in [0.4, 0.5) is 0 Å². The molecule has 0 nitrogen and oxygen atoms in total. The van der Waals surface area contributed by atoms with Gasteiger partial charge >= 0.3 is 18.9 Å². The van der Waals surface area contributed by atoms with Crippen LogP contribution in [0.2, 0.25) is 0 Å². The number of hydrogen-bond donors (Lipinski definition) is 0. The van der Waals surface area contributed by atoms with Crippen LogP contribution in [0, 0.1) is 0 Å². The monoisotopic (exact) mass is 137 g/mol. The Kier molecular flexibility index (Phi) is 266. The summed E-state index contributed by atoms with van der Waals surface area (Å²) in [5.41, 5.74) is 0. The van der Waals surface area contributed by atoms with Gasteiger partial charge in [-0.1, -0.05) is 7.43 Å². The smallest absolute Gasteiger partial charge is 1.00 e. The van der Waals surface area contributed by atoms with Crippen LogP contribution in [0.3, 0.4) is 0 Å². The molecule has 0 fully saturated rings. The van der Waals surface area contributed by atoms with Gasteiger partial charge in [-0.05, 0) is 0 Å². The maximum absolute atomic E-state index is 0. The van der Waals surface area contributed by atoms with Crippen LogP contribution in [0.1, 0.15) is 8.85 Å². The normalized spacial score (nSPS) is 0. The molecule has 0 rings (SSSR count). The molecule has 4 heavy (non-hydrogen) atoms. The third kappa shape index (κ3) is 9.49. The van der Waals surface area contributed by atoms with E-state index in [0.29, 0.717) is 0 Å². The summed E-state index contributed by atoms with van der Waals surface area (Å²) in [6, 6.07) is 0. The van der Waals surface area contributed by atoms with Gasteiger partial charge in [-0.3, -0.25) is 0 Å². The summed E-state index contributed by atoms with van der Waals surface area (Å²) >= 11 is 0. The molecule has 0 aromatic rings. The van der Waals surface area contributed by atoms with E-state index in [1.807, 2.05) is 0 Å². The second-order valence-corrected chi connectivity index (χ2v) is 0. The van der Waals surface area contributed by atoms with Gasteiger partial charge in [-0.15, -0.1) is 0 Å². The van der Waals surface area contributed by atoms with Crippen molar-refractivity contribution in [2.75, 3.05) is 0 Å². The minimum atomic E-state index is 0. The maximum atomic E-state index is 0. The fourth-order valence-electron chi connectivity index (χ4n) is 0. The van der Waals surface area contributed by atoms with Gasteiger partial charge in [0.25, 0.3) is 0 Å². The molecular weight excluding hydrogens is 133 g/mol. The van der Waals surface area contributed by atoms with Crippen molar-refractivity contribution in [3.63, 3.8) is 0 Å². The maximum Gasteiger partial charge on any atom is 1.00 e. The van der Waals surface area contributed by atoms with Crippen molar-refractivity contribution in [1.29, 1.82) is 0 Å². The topological polar surface area (TPSA) is 0 Å². The van der Waals surface area contributed by atoms with Crippen molar-refractivity contribution >= 4 is 0 Å². The van der Waals surface area contributed by atoms with Gasteiger partial charge < -0.3 is 1.43 Å². The Labute approximate surface area is 61.2 Å². The molecule has 27 valence electrons. The van der Waals surface area contributed by atoms with Crippen LogP contribution >= 0.6 is 0 Å². The van der Waals surface area contributed by atoms with E-state index in [0.717, 1.165) is 0 Å². The molecular formula is CH5LiMnNi. The summed E-state index contributed by atoms with van der Waals surface area (Å²) in [6.07, 6.45) is 0. The molecule has 1 radical (unpaired) electrons. The molecule has 0 aliphatic carbocycles. The van der Waals surface area contributed by atoms with Crippen molar-refractivity contribution in [3.05, 3.63) is 0 Å². The average molecular weight is 138 g/mol. The third-order valence-corrected chi connectivity index (χ3v) is 0. The molecule has 0 aromatic heterocycles. The molecule has 3 heteroatoms. The molecule has 0 bridgehead atoms. The molecule has 0 aromatic carbocycles. The predicted octanol–water partition coefficient (Wildman–Crippen LogP) is -2.25. The van der Waals surface area contributed by atoms with E-state index in [-0.39, 0.29) is 61.3 Å². The summed E-state index contributed by atoms with van der Waals surface area (Å²) in [4.78, 5) is 0. The summed E-state index contributed by atoms with van der Waals surface area (Å²) in [7, 11) is 0. The van der Waals surface area contributed by atoms with Crippen LogP contribution in [-0.4, -0.2) is 0 Å². The van der Waals surface area contributed by atoms with E-state index in [2.05, 4.69) is 0 Å². The van der Waals surface area contributed by atoms with Gasteiger partial charge in [0.15, 0.2) is 0 Å². The standard InChI is InChI=1S/CH4.Li.Mn.Ni.H/h1H4;;;;/q;+1;;;-1. The van der Waals surface area contributed by atoms with E-state index in [4.69, 9.17) is 0 Å². The Balaban J connectivity index is 0. The molecule has 0 saturated carbocycles. The van der Waals surface area contributed by atoms with Crippen molar-refractivity contribution in [2.24, 2.45) is 0 Å². The van der Waals surface area contributed by atoms with Crippen LogP contribution in [-0.2, 0) is 33.6 Å². The first kappa shape index (κ1) is 46.0. The first-order valence-corrected chi connectivity index (χ1v) is 0. The summed E-state index contributed by atoms with van der Waals surface area (Å²) in [5, 5.41) is 0. The van der Waals surface area contributed by atoms with Crippen LogP contribution in [0.15, 0.2) is 0 Å². The third-order valence-electron chi connectivity index (χ3n) is 0. The zero-order valence-corrected chi connectivity index (χ0v) is 3.86. The molecule has 0 spiro atoms. The molecule has 0 heterocycles. The van der Waals surface area contributed by atoms with Crippen LogP contribution in [0.25, 0.3) is 0 Å². The second kappa shape index (κ2) is 23.2. The Morgan fingerprint density at radius 3 is 1.25 bits per heavy atom. The van der Waals surface area contributed by atoms with E-state index in [9.17, 15) is 0 Å². The van der Waals surface area contributed by atoms with E-state index in [1.54, 1.807) is 0 Å². The Bertz CT molecular complexity index is 11.6. The molecule has 0 unspecified atom stereocenters. The number of hydrogen-bond acceptors (Lipinski definition) is 0. The largest absolute Gasteiger partial charge is 1.00 e. The van der Waals surface area contributed by atoms with Gasteiger partial charge in [0.05, 0.1) is 0 Å². The second-order valence-electron chi connectivity index (χ2n) is 0. The number of rotatable bonds is 0. The van der Waals surface area contributed by atoms with Gasteiger partial charge in [-0.25, -0.2) is 0 Å². The predicted molar refractivity (Wildman–Crippen MR) is 7.84 cm³/mol. The molecule has 0 aliphatic heterocycles. The Morgan fingerprint density at radius 2 is 1.25 bits per heavy atom. The minimum Gasteiger partial charge on any atom is -1.00 e. The van der Waals surface area contributed by atoms with Crippen molar-refractivity contribution in [2.45, 2.75) is 7.43 Å². The van der Waals surface area contributed by atoms with Gasteiger partial charge in [0, 0.05) is 33.6 Å². The molecule has 0 amide bonds.